The van der Waals surface area contributed by atoms with Gasteiger partial charge >= 0.3 is 0 Å². The van der Waals surface area contributed by atoms with Crippen LogP contribution in [0, 0.1) is 13.8 Å². The highest BCUT2D eigenvalue weighted by Crippen LogP contribution is 2.44. The number of rotatable bonds is 3. The Labute approximate surface area is 201 Å². The lowest BCUT2D eigenvalue weighted by atomic mass is 9.79. The van der Waals surface area contributed by atoms with Gasteiger partial charge in [0.05, 0.1) is 5.69 Å². The number of nitrogens with one attached hydrogen (secondary N) is 1. The molecule has 0 unspecified atom stereocenters. The molecule has 5 nitrogen and oxygen atoms in total. The molecule has 0 radical (unpaired) electrons. The van der Waals surface area contributed by atoms with Crippen LogP contribution in [0.2, 0.25) is 0 Å². The molecular formula is C27H31N3O2S. The van der Waals surface area contributed by atoms with Crippen molar-refractivity contribution in [1.82, 2.24) is 5.32 Å². The third kappa shape index (κ3) is 4.08. The van der Waals surface area contributed by atoms with E-state index in [1.807, 2.05) is 38.1 Å². The predicted molar refractivity (Wildman–Crippen MR) is 139 cm³/mol. The number of carbonyl (C=O) groups excluding carboxylic acids is 2. The van der Waals surface area contributed by atoms with Gasteiger partial charge in [-0.25, -0.2) is 0 Å². The molecule has 0 aliphatic carbocycles. The van der Waals surface area contributed by atoms with Gasteiger partial charge in [-0.05, 0) is 112 Å². The fraction of sp³-hybridized carbons (Fsp3) is 0.370. The van der Waals surface area contributed by atoms with E-state index in [1.165, 1.54) is 16.2 Å². The van der Waals surface area contributed by atoms with Crippen molar-refractivity contribution < 1.29 is 9.59 Å². The van der Waals surface area contributed by atoms with Crippen molar-refractivity contribution >= 4 is 46.6 Å². The Morgan fingerprint density at radius 3 is 2.58 bits per heavy atom. The Balaban J connectivity index is 1.78. The van der Waals surface area contributed by atoms with Crippen LogP contribution in [-0.4, -0.2) is 29.0 Å². The van der Waals surface area contributed by atoms with E-state index in [1.54, 1.807) is 6.08 Å². The summed E-state index contributed by atoms with van der Waals surface area (Å²) in [5.41, 5.74) is 6.22. The van der Waals surface area contributed by atoms with E-state index in [2.05, 4.69) is 50.0 Å². The van der Waals surface area contributed by atoms with Crippen LogP contribution < -0.4 is 15.1 Å². The number of aryl methyl sites for hydroxylation is 2. The van der Waals surface area contributed by atoms with Crippen molar-refractivity contribution in [2.24, 2.45) is 0 Å². The summed E-state index contributed by atoms with van der Waals surface area (Å²) in [6.07, 6.45) is 2.75. The van der Waals surface area contributed by atoms with Crippen LogP contribution in [0.15, 0.2) is 42.0 Å². The maximum absolute atomic E-state index is 13.4. The summed E-state index contributed by atoms with van der Waals surface area (Å²) in [7, 11) is 0. The van der Waals surface area contributed by atoms with Gasteiger partial charge in [0.15, 0.2) is 5.11 Å². The van der Waals surface area contributed by atoms with Gasteiger partial charge in [0.25, 0.3) is 11.8 Å². The third-order valence-electron chi connectivity index (χ3n) is 6.75. The van der Waals surface area contributed by atoms with Crippen molar-refractivity contribution in [2.75, 3.05) is 16.3 Å². The second-order valence-corrected chi connectivity index (χ2v) is 10.1. The molecule has 1 saturated heterocycles. The van der Waals surface area contributed by atoms with Gasteiger partial charge in [-0.2, -0.15) is 0 Å². The van der Waals surface area contributed by atoms with Crippen LogP contribution in [0.25, 0.3) is 6.08 Å². The summed E-state index contributed by atoms with van der Waals surface area (Å²) in [5, 5.41) is 2.79. The minimum absolute atomic E-state index is 0.0802. The van der Waals surface area contributed by atoms with Crippen molar-refractivity contribution in [1.29, 1.82) is 0 Å². The molecule has 0 aromatic heterocycles. The van der Waals surface area contributed by atoms with Gasteiger partial charge in [0, 0.05) is 17.8 Å². The zero-order valence-electron chi connectivity index (χ0n) is 20.2. The fourth-order valence-electron chi connectivity index (χ4n) is 5.22. The molecule has 2 aliphatic heterocycles. The second-order valence-electron chi connectivity index (χ2n) is 9.73. The van der Waals surface area contributed by atoms with Gasteiger partial charge in [-0.15, -0.1) is 0 Å². The molecule has 2 amide bonds. The average Bonchev–Trinajstić information content (AvgIpc) is 2.71. The van der Waals surface area contributed by atoms with E-state index < -0.39 is 11.8 Å². The molecule has 2 aromatic rings. The third-order valence-corrected chi connectivity index (χ3v) is 7.04. The topological polar surface area (TPSA) is 52.7 Å². The van der Waals surface area contributed by atoms with E-state index in [-0.39, 0.29) is 16.2 Å². The van der Waals surface area contributed by atoms with Crippen molar-refractivity contribution in [3.63, 3.8) is 0 Å². The number of fused-ring (bicyclic) bond motifs is 1. The molecule has 6 heteroatoms. The van der Waals surface area contributed by atoms with Crippen LogP contribution in [0.5, 0.6) is 0 Å². The smallest absolute Gasteiger partial charge is 0.270 e. The number of nitrogens with zero attached hydrogens (tertiary/aromatic N) is 2. The first kappa shape index (κ1) is 23.2. The number of amides is 2. The lowest BCUT2D eigenvalue weighted by molar-refractivity contribution is -0.122. The summed E-state index contributed by atoms with van der Waals surface area (Å²) in [4.78, 5) is 30.0. The monoisotopic (exact) mass is 461 g/mol. The van der Waals surface area contributed by atoms with E-state index >= 15 is 0 Å². The summed E-state index contributed by atoms with van der Waals surface area (Å²) in [6.45, 7) is 13.9. The predicted octanol–water partition coefficient (Wildman–Crippen LogP) is 5.25. The van der Waals surface area contributed by atoms with E-state index in [0.29, 0.717) is 11.6 Å². The standard InChI is InChI=1S/C27H31N3O2S/c1-7-29-23-12-17(3)19(13-21(23)18(4)15-27(29,5)6)14-22-24(31)28-26(33)30(25(22)32)20-10-8-9-16(2)11-20/h8-14,18H,7,15H2,1-6H3,(H,28,31,33)/b22-14+/t18-/m1/s1. The maximum Gasteiger partial charge on any atom is 0.270 e. The molecule has 1 N–H and O–H groups in total. The summed E-state index contributed by atoms with van der Waals surface area (Å²) in [6, 6.07) is 11.9. The molecule has 1 fully saturated rings. The molecular weight excluding hydrogens is 430 g/mol. The Bertz CT molecular complexity index is 1200. The molecule has 0 bridgehead atoms. The molecule has 0 spiro atoms. The van der Waals surface area contributed by atoms with Crippen molar-refractivity contribution in [2.45, 2.75) is 59.4 Å². The molecule has 33 heavy (non-hydrogen) atoms. The van der Waals surface area contributed by atoms with Crippen LogP contribution in [0.1, 0.15) is 62.3 Å². The SMILES string of the molecule is CCN1c2cc(C)c(/C=C3\C(=O)NC(=S)N(c4cccc(C)c4)C3=O)cc2[C@H](C)CC1(C)C. The quantitative estimate of drug-likeness (QED) is 0.386. The summed E-state index contributed by atoms with van der Waals surface area (Å²) >= 11 is 5.33. The lowest BCUT2D eigenvalue weighted by Crippen LogP contribution is -2.54. The Hall–Kier alpha value is -2.99. The Kier molecular flexibility index (Phi) is 5.91. The zero-order chi connectivity index (χ0) is 24.1. The highest BCUT2D eigenvalue weighted by atomic mass is 32.1. The number of hydrogen-bond acceptors (Lipinski definition) is 4. The molecule has 4 rings (SSSR count). The normalized spacial score (nSPS) is 21.3. The van der Waals surface area contributed by atoms with Gasteiger partial charge < -0.3 is 4.90 Å². The van der Waals surface area contributed by atoms with Crippen LogP contribution in [0.3, 0.4) is 0 Å². The number of hydrogen-bond donors (Lipinski definition) is 1. The number of anilines is 2. The highest BCUT2D eigenvalue weighted by Gasteiger charge is 2.37. The molecule has 2 heterocycles. The molecule has 2 aliphatic rings. The zero-order valence-corrected chi connectivity index (χ0v) is 21.0. The maximum atomic E-state index is 13.4. The second kappa shape index (κ2) is 8.41. The Morgan fingerprint density at radius 2 is 1.91 bits per heavy atom. The van der Waals surface area contributed by atoms with Crippen molar-refractivity contribution in [3.05, 3.63) is 64.2 Å². The number of thiocarbonyl (C=S) groups is 1. The first-order valence-corrected chi connectivity index (χ1v) is 11.8. The molecule has 1 atom stereocenters. The van der Waals surface area contributed by atoms with Crippen molar-refractivity contribution in [3.8, 4) is 0 Å². The van der Waals surface area contributed by atoms with Gasteiger partial charge in [-0.1, -0.05) is 19.1 Å². The minimum Gasteiger partial charge on any atom is -0.366 e. The highest BCUT2D eigenvalue weighted by molar-refractivity contribution is 7.80. The van der Waals surface area contributed by atoms with Crippen LogP contribution >= 0.6 is 12.2 Å². The van der Waals surface area contributed by atoms with E-state index in [9.17, 15) is 9.59 Å². The Morgan fingerprint density at radius 1 is 1.18 bits per heavy atom. The minimum atomic E-state index is -0.463. The molecule has 0 saturated carbocycles. The lowest BCUT2D eigenvalue weighted by Gasteiger charge is -2.47. The largest absolute Gasteiger partial charge is 0.366 e. The van der Waals surface area contributed by atoms with E-state index in [0.717, 1.165) is 29.7 Å². The van der Waals surface area contributed by atoms with E-state index in [4.69, 9.17) is 12.2 Å². The fourth-order valence-corrected chi connectivity index (χ4v) is 5.50. The molecule has 2 aromatic carbocycles. The average molecular weight is 462 g/mol. The first-order valence-electron chi connectivity index (χ1n) is 11.4. The van der Waals surface area contributed by atoms with Crippen LogP contribution in [-0.2, 0) is 9.59 Å². The van der Waals surface area contributed by atoms with Gasteiger partial charge in [0.2, 0.25) is 0 Å². The molecule has 172 valence electrons. The van der Waals surface area contributed by atoms with Gasteiger partial charge in [0.1, 0.15) is 5.57 Å². The van der Waals surface area contributed by atoms with Crippen LogP contribution in [0.4, 0.5) is 11.4 Å². The summed E-state index contributed by atoms with van der Waals surface area (Å²) < 4.78 is 0. The summed E-state index contributed by atoms with van der Waals surface area (Å²) in [5.74, 6) is -0.492. The first-order chi connectivity index (χ1) is 15.5. The number of benzene rings is 2. The van der Waals surface area contributed by atoms with Gasteiger partial charge in [-0.3, -0.25) is 19.8 Å². The number of carbonyl (C=O) groups is 2.